The molecule has 0 heterocycles. The van der Waals surface area contributed by atoms with Crippen molar-refractivity contribution in [3.8, 4) is 5.75 Å². The van der Waals surface area contributed by atoms with Crippen molar-refractivity contribution in [2.24, 2.45) is 5.92 Å². The van der Waals surface area contributed by atoms with E-state index < -0.39 is 0 Å². The predicted octanol–water partition coefficient (Wildman–Crippen LogP) is 3.51. The Morgan fingerprint density at radius 3 is 2.65 bits per heavy atom. The molecule has 3 nitrogen and oxygen atoms in total. The molecule has 2 rings (SSSR count). The minimum Gasteiger partial charge on any atom is -0.508 e. The fourth-order valence-electron chi connectivity index (χ4n) is 3.37. The van der Waals surface area contributed by atoms with E-state index in [0.29, 0.717) is 30.2 Å². The molecule has 3 unspecified atom stereocenters. The summed E-state index contributed by atoms with van der Waals surface area (Å²) in [4.78, 5) is 0. The first-order valence-corrected chi connectivity index (χ1v) is 7.53. The average molecular weight is 277 g/mol. The first-order chi connectivity index (χ1) is 9.45. The van der Waals surface area contributed by atoms with Gasteiger partial charge in [0.15, 0.2) is 0 Å². The minimum absolute atomic E-state index is 0.224. The van der Waals surface area contributed by atoms with Crippen LogP contribution in [-0.4, -0.2) is 24.9 Å². The van der Waals surface area contributed by atoms with Gasteiger partial charge in [0.2, 0.25) is 0 Å². The van der Waals surface area contributed by atoms with E-state index in [9.17, 15) is 5.11 Å². The second-order valence-corrected chi connectivity index (χ2v) is 6.39. The van der Waals surface area contributed by atoms with Crippen molar-refractivity contribution in [1.82, 2.24) is 5.32 Å². The summed E-state index contributed by atoms with van der Waals surface area (Å²) < 4.78 is 5.32. The second kappa shape index (κ2) is 6.15. The maximum absolute atomic E-state index is 10.3. The van der Waals surface area contributed by atoms with Crippen LogP contribution in [0.1, 0.15) is 55.8 Å². The molecule has 112 valence electrons. The van der Waals surface area contributed by atoms with E-state index in [1.165, 1.54) is 11.1 Å². The zero-order valence-electron chi connectivity index (χ0n) is 13.2. The Labute approximate surface area is 122 Å². The van der Waals surface area contributed by atoms with Gasteiger partial charge in [0.05, 0.1) is 6.61 Å². The third-order valence-electron chi connectivity index (χ3n) is 4.48. The molecule has 0 saturated carbocycles. The average Bonchev–Trinajstić information content (AvgIpc) is 2.71. The largest absolute Gasteiger partial charge is 0.508 e. The van der Waals surface area contributed by atoms with Gasteiger partial charge in [-0.3, -0.25) is 0 Å². The fraction of sp³-hybridized carbons (Fsp3) is 0.647. The van der Waals surface area contributed by atoms with Gasteiger partial charge >= 0.3 is 0 Å². The van der Waals surface area contributed by atoms with Gasteiger partial charge in [-0.05, 0) is 42.4 Å². The second-order valence-electron chi connectivity index (χ2n) is 6.39. The summed E-state index contributed by atoms with van der Waals surface area (Å²) in [6.45, 7) is 9.47. The standard InChI is InChI=1S/C17H27NO2/c1-10(2)14(9-20-5)18-13-8-12(4)16-11(3)6-7-15(19)17(13)16/h6-7,10,12-14,18-19H,8-9H2,1-5H3. The smallest absolute Gasteiger partial charge is 0.120 e. The quantitative estimate of drug-likeness (QED) is 0.865. The molecule has 3 atom stereocenters. The van der Waals surface area contributed by atoms with E-state index in [1.807, 2.05) is 12.1 Å². The van der Waals surface area contributed by atoms with Crippen molar-refractivity contribution >= 4 is 0 Å². The highest BCUT2D eigenvalue weighted by Crippen LogP contribution is 2.46. The first-order valence-electron chi connectivity index (χ1n) is 7.53. The van der Waals surface area contributed by atoms with Gasteiger partial charge in [-0.15, -0.1) is 0 Å². The number of ether oxygens (including phenoxy) is 1. The molecule has 0 aromatic heterocycles. The summed E-state index contributed by atoms with van der Waals surface area (Å²) in [5.74, 6) is 1.42. The van der Waals surface area contributed by atoms with Crippen molar-refractivity contribution in [2.45, 2.75) is 52.1 Å². The lowest BCUT2D eigenvalue weighted by atomic mass is 9.97. The zero-order valence-corrected chi connectivity index (χ0v) is 13.2. The van der Waals surface area contributed by atoms with Crippen LogP contribution in [0.3, 0.4) is 0 Å². The highest BCUT2D eigenvalue weighted by Gasteiger charge is 2.33. The fourth-order valence-corrected chi connectivity index (χ4v) is 3.37. The lowest BCUT2D eigenvalue weighted by Gasteiger charge is -2.26. The van der Waals surface area contributed by atoms with Crippen LogP contribution in [0.5, 0.6) is 5.75 Å². The highest BCUT2D eigenvalue weighted by molar-refractivity contribution is 5.50. The Kier molecular flexibility index (Phi) is 4.71. The molecule has 0 saturated heterocycles. The van der Waals surface area contributed by atoms with Crippen LogP contribution < -0.4 is 5.32 Å². The van der Waals surface area contributed by atoms with Crippen molar-refractivity contribution < 1.29 is 9.84 Å². The molecule has 0 amide bonds. The van der Waals surface area contributed by atoms with Gasteiger partial charge < -0.3 is 15.2 Å². The maximum atomic E-state index is 10.3. The number of phenolic OH excluding ortho intramolecular Hbond substituents is 1. The van der Waals surface area contributed by atoms with Gasteiger partial charge in [-0.25, -0.2) is 0 Å². The molecule has 0 radical (unpaired) electrons. The number of hydrogen-bond acceptors (Lipinski definition) is 3. The summed E-state index contributed by atoms with van der Waals surface area (Å²) in [6, 6.07) is 4.37. The molecule has 3 heteroatoms. The van der Waals surface area contributed by atoms with E-state index in [-0.39, 0.29) is 6.04 Å². The van der Waals surface area contributed by atoms with Gasteiger partial charge in [-0.1, -0.05) is 26.8 Å². The Morgan fingerprint density at radius 1 is 1.35 bits per heavy atom. The van der Waals surface area contributed by atoms with E-state index >= 15 is 0 Å². The molecule has 0 aliphatic heterocycles. The number of benzene rings is 1. The zero-order chi connectivity index (χ0) is 14.9. The molecule has 1 aliphatic rings. The molecule has 2 N–H and O–H groups in total. The molecular weight excluding hydrogens is 250 g/mol. The molecule has 0 bridgehead atoms. The van der Waals surface area contributed by atoms with Gasteiger partial charge in [0.25, 0.3) is 0 Å². The summed E-state index contributed by atoms with van der Waals surface area (Å²) in [5, 5.41) is 13.9. The van der Waals surface area contributed by atoms with Crippen LogP contribution in [0.2, 0.25) is 0 Å². The molecule has 20 heavy (non-hydrogen) atoms. The van der Waals surface area contributed by atoms with Crippen LogP contribution in [0.4, 0.5) is 0 Å². The van der Waals surface area contributed by atoms with Crippen LogP contribution in [-0.2, 0) is 4.74 Å². The van der Waals surface area contributed by atoms with E-state index in [2.05, 4.69) is 33.0 Å². The summed E-state index contributed by atoms with van der Waals surface area (Å²) in [7, 11) is 1.74. The molecule has 1 aromatic carbocycles. The number of rotatable bonds is 5. The van der Waals surface area contributed by atoms with Gasteiger partial charge in [-0.2, -0.15) is 0 Å². The number of methoxy groups -OCH3 is 1. The molecular formula is C17H27NO2. The lowest BCUT2D eigenvalue weighted by Crippen LogP contribution is -2.39. The molecule has 1 aliphatic carbocycles. The number of phenols is 1. The minimum atomic E-state index is 0.224. The lowest BCUT2D eigenvalue weighted by molar-refractivity contribution is 0.139. The van der Waals surface area contributed by atoms with E-state index in [0.717, 1.165) is 12.0 Å². The van der Waals surface area contributed by atoms with Crippen LogP contribution in [0.25, 0.3) is 0 Å². The monoisotopic (exact) mass is 277 g/mol. The van der Waals surface area contributed by atoms with Crippen molar-refractivity contribution in [3.63, 3.8) is 0 Å². The number of aromatic hydroxyl groups is 1. The van der Waals surface area contributed by atoms with Crippen LogP contribution in [0.15, 0.2) is 12.1 Å². The number of nitrogens with one attached hydrogen (secondary N) is 1. The Bertz CT molecular complexity index is 470. The highest BCUT2D eigenvalue weighted by atomic mass is 16.5. The number of hydrogen-bond donors (Lipinski definition) is 2. The van der Waals surface area contributed by atoms with Crippen molar-refractivity contribution in [3.05, 3.63) is 28.8 Å². The normalized spacial score (nSPS) is 23.1. The van der Waals surface area contributed by atoms with E-state index in [1.54, 1.807) is 7.11 Å². The molecule has 1 aromatic rings. The van der Waals surface area contributed by atoms with Gasteiger partial charge in [0.1, 0.15) is 5.75 Å². The number of aryl methyl sites for hydroxylation is 1. The third kappa shape index (κ3) is 2.84. The predicted molar refractivity (Wildman–Crippen MR) is 82.3 cm³/mol. The molecule has 0 spiro atoms. The van der Waals surface area contributed by atoms with E-state index in [4.69, 9.17) is 4.74 Å². The Balaban J connectivity index is 2.27. The Morgan fingerprint density at radius 2 is 2.05 bits per heavy atom. The third-order valence-corrected chi connectivity index (χ3v) is 4.48. The van der Waals surface area contributed by atoms with Crippen molar-refractivity contribution in [1.29, 1.82) is 0 Å². The topological polar surface area (TPSA) is 41.5 Å². The van der Waals surface area contributed by atoms with Crippen LogP contribution in [0, 0.1) is 12.8 Å². The van der Waals surface area contributed by atoms with Gasteiger partial charge in [0, 0.05) is 24.8 Å². The summed E-state index contributed by atoms with van der Waals surface area (Å²) in [6.07, 6.45) is 1.04. The number of fused-ring (bicyclic) bond motifs is 1. The maximum Gasteiger partial charge on any atom is 0.120 e. The van der Waals surface area contributed by atoms with Crippen molar-refractivity contribution in [2.75, 3.05) is 13.7 Å². The SMILES string of the molecule is COCC(NC1CC(C)c2c(C)ccc(O)c21)C(C)C. The van der Waals surface area contributed by atoms with Crippen LogP contribution >= 0.6 is 0 Å². The first kappa shape index (κ1) is 15.3. The molecule has 0 fully saturated rings. The summed E-state index contributed by atoms with van der Waals surface area (Å²) in [5.41, 5.74) is 3.70. The Hall–Kier alpha value is -1.06. The summed E-state index contributed by atoms with van der Waals surface area (Å²) >= 11 is 0.